The Bertz CT molecular complexity index is 631. The van der Waals surface area contributed by atoms with Gasteiger partial charge in [0.2, 0.25) is 11.6 Å². The van der Waals surface area contributed by atoms with Crippen molar-refractivity contribution >= 4 is 22.8 Å². The molecular formula is C13H9ClN2O2. The van der Waals surface area contributed by atoms with Crippen LogP contribution in [0.4, 0.5) is 0 Å². The molecule has 4 nitrogen and oxygen atoms in total. The summed E-state index contributed by atoms with van der Waals surface area (Å²) in [5.74, 6) is 1.22. The lowest BCUT2D eigenvalue weighted by molar-refractivity contribution is 0.266. The maximum atomic E-state index is 5.79. The molecule has 0 atom stereocenters. The molecule has 1 aromatic carbocycles. The van der Waals surface area contributed by atoms with Crippen molar-refractivity contribution in [1.29, 1.82) is 0 Å². The van der Waals surface area contributed by atoms with Crippen LogP contribution in [0.1, 0.15) is 5.89 Å². The minimum absolute atomic E-state index is 0.262. The first-order valence-corrected chi connectivity index (χ1v) is 5.78. The molecule has 0 aliphatic rings. The van der Waals surface area contributed by atoms with Gasteiger partial charge in [-0.2, -0.15) is 0 Å². The van der Waals surface area contributed by atoms with Gasteiger partial charge in [0.05, 0.1) is 0 Å². The zero-order chi connectivity index (χ0) is 12.4. The van der Waals surface area contributed by atoms with Crippen molar-refractivity contribution in [2.75, 3.05) is 0 Å². The summed E-state index contributed by atoms with van der Waals surface area (Å²) in [4.78, 5) is 8.33. The Kier molecular flexibility index (Phi) is 2.86. The number of fused-ring (bicyclic) bond motifs is 1. The number of halogens is 1. The third-order valence-electron chi connectivity index (χ3n) is 2.39. The molecule has 2 heterocycles. The number of pyridine rings is 1. The van der Waals surface area contributed by atoms with Crippen LogP contribution < -0.4 is 4.74 Å². The number of oxazole rings is 1. The van der Waals surface area contributed by atoms with E-state index in [1.165, 1.54) is 0 Å². The summed E-state index contributed by atoms with van der Waals surface area (Å²) >= 11 is 5.79. The molecule has 0 fully saturated rings. The molecule has 3 aromatic rings. The Balaban J connectivity index is 1.74. The van der Waals surface area contributed by atoms with Crippen LogP contribution in [-0.4, -0.2) is 9.97 Å². The van der Waals surface area contributed by atoms with Gasteiger partial charge in [0, 0.05) is 11.2 Å². The van der Waals surface area contributed by atoms with Crippen LogP contribution >= 0.6 is 11.6 Å². The highest BCUT2D eigenvalue weighted by Crippen LogP contribution is 2.18. The second-order valence-electron chi connectivity index (χ2n) is 3.68. The first-order chi connectivity index (χ1) is 8.81. The van der Waals surface area contributed by atoms with Crippen molar-refractivity contribution in [2.45, 2.75) is 6.61 Å². The zero-order valence-electron chi connectivity index (χ0n) is 9.34. The lowest BCUT2D eigenvalue weighted by atomic mass is 10.3. The second-order valence-corrected chi connectivity index (χ2v) is 4.11. The molecule has 0 N–H and O–H groups in total. The fraction of sp³-hybridized carbons (Fsp3) is 0.0769. The Morgan fingerprint density at radius 2 is 2.00 bits per heavy atom. The van der Waals surface area contributed by atoms with Crippen LogP contribution in [0.3, 0.4) is 0 Å². The van der Waals surface area contributed by atoms with Gasteiger partial charge < -0.3 is 9.15 Å². The van der Waals surface area contributed by atoms with Gasteiger partial charge >= 0.3 is 0 Å². The highest BCUT2D eigenvalue weighted by Gasteiger charge is 2.06. The summed E-state index contributed by atoms with van der Waals surface area (Å²) in [6.45, 7) is 0.262. The van der Waals surface area contributed by atoms with Crippen molar-refractivity contribution in [3.8, 4) is 5.75 Å². The van der Waals surface area contributed by atoms with Gasteiger partial charge in [-0.25, -0.2) is 9.97 Å². The number of hydrogen-bond donors (Lipinski definition) is 0. The minimum Gasteiger partial charge on any atom is -0.484 e. The first kappa shape index (κ1) is 11.0. The molecule has 0 amide bonds. The normalized spacial score (nSPS) is 10.7. The average molecular weight is 261 g/mol. The fourth-order valence-corrected chi connectivity index (χ4v) is 1.68. The monoisotopic (exact) mass is 260 g/mol. The van der Waals surface area contributed by atoms with E-state index in [0.29, 0.717) is 16.6 Å². The molecule has 0 spiro atoms. The summed E-state index contributed by atoms with van der Waals surface area (Å²) in [5.41, 5.74) is 1.25. The van der Waals surface area contributed by atoms with Crippen LogP contribution in [0.5, 0.6) is 5.75 Å². The molecule has 2 aromatic heterocycles. The van der Waals surface area contributed by atoms with Crippen LogP contribution in [0, 0.1) is 0 Å². The van der Waals surface area contributed by atoms with E-state index >= 15 is 0 Å². The topological polar surface area (TPSA) is 48.2 Å². The summed E-state index contributed by atoms with van der Waals surface area (Å²) in [6, 6.07) is 10.8. The molecule has 18 heavy (non-hydrogen) atoms. The molecule has 0 aliphatic heterocycles. The first-order valence-electron chi connectivity index (χ1n) is 5.40. The number of ether oxygens (including phenoxy) is 1. The molecule has 0 bridgehead atoms. The van der Waals surface area contributed by atoms with E-state index in [4.69, 9.17) is 20.8 Å². The van der Waals surface area contributed by atoms with E-state index < -0.39 is 0 Å². The summed E-state index contributed by atoms with van der Waals surface area (Å²) in [5, 5.41) is 0.674. The molecule has 0 unspecified atom stereocenters. The number of rotatable bonds is 3. The molecule has 0 aliphatic carbocycles. The molecule has 90 valence electrons. The van der Waals surface area contributed by atoms with E-state index in [2.05, 4.69) is 9.97 Å². The maximum absolute atomic E-state index is 5.79. The number of nitrogens with zero attached hydrogens (tertiary/aromatic N) is 2. The summed E-state index contributed by atoms with van der Waals surface area (Å²) in [6.07, 6.45) is 1.66. The number of hydrogen-bond acceptors (Lipinski definition) is 4. The Morgan fingerprint density at radius 3 is 2.78 bits per heavy atom. The predicted octanol–water partition coefficient (Wildman–Crippen LogP) is 3.46. The van der Waals surface area contributed by atoms with E-state index in [-0.39, 0.29) is 6.61 Å². The van der Waals surface area contributed by atoms with Gasteiger partial charge in [-0.3, -0.25) is 0 Å². The Hall–Kier alpha value is -2.07. The van der Waals surface area contributed by atoms with Gasteiger partial charge in [0.1, 0.15) is 11.3 Å². The lowest BCUT2D eigenvalue weighted by Gasteiger charge is -2.02. The van der Waals surface area contributed by atoms with Gasteiger partial charge in [-0.05, 0) is 36.4 Å². The smallest absolute Gasteiger partial charge is 0.247 e. The third kappa shape index (κ3) is 2.28. The highest BCUT2D eigenvalue weighted by atomic mass is 35.5. The van der Waals surface area contributed by atoms with Crippen molar-refractivity contribution in [3.63, 3.8) is 0 Å². The molecule has 0 saturated heterocycles. The quantitative estimate of drug-likeness (QED) is 0.724. The standard InChI is InChI=1S/C13H9ClN2O2/c14-9-3-5-10(6-4-9)17-8-12-16-11-2-1-7-15-13(11)18-12/h1-7H,8H2. The predicted molar refractivity (Wildman–Crippen MR) is 67.6 cm³/mol. The maximum Gasteiger partial charge on any atom is 0.247 e. The van der Waals surface area contributed by atoms with Crippen LogP contribution in [0.25, 0.3) is 11.2 Å². The minimum atomic E-state index is 0.262. The highest BCUT2D eigenvalue weighted by molar-refractivity contribution is 6.30. The van der Waals surface area contributed by atoms with Crippen LogP contribution in [-0.2, 0) is 6.61 Å². The van der Waals surface area contributed by atoms with Crippen molar-refractivity contribution in [2.24, 2.45) is 0 Å². The van der Waals surface area contributed by atoms with Gasteiger partial charge in [0.25, 0.3) is 0 Å². The number of benzene rings is 1. The Labute approximate surface area is 108 Å². The third-order valence-corrected chi connectivity index (χ3v) is 2.64. The van der Waals surface area contributed by atoms with Crippen molar-refractivity contribution in [1.82, 2.24) is 9.97 Å². The SMILES string of the molecule is Clc1ccc(OCc2nc3cccnc3o2)cc1. The van der Waals surface area contributed by atoms with Crippen molar-refractivity contribution < 1.29 is 9.15 Å². The van der Waals surface area contributed by atoms with Gasteiger partial charge in [0.15, 0.2) is 6.61 Å². The fourth-order valence-electron chi connectivity index (χ4n) is 1.55. The van der Waals surface area contributed by atoms with E-state index in [0.717, 1.165) is 11.3 Å². The van der Waals surface area contributed by atoms with Crippen molar-refractivity contribution in [3.05, 3.63) is 53.5 Å². The zero-order valence-corrected chi connectivity index (χ0v) is 10.1. The van der Waals surface area contributed by atoms with Crippen LogP contribution in [0.15, 0.2) is 47.0 Å². The van der Waals surface area contributed by atoms with Gasteiger partial charge in [-0.15, -0.1) is 0 Å². The lowest BCUT2D eigenvalue weighted by Crippen LogP contribution is -1.94. The van der Waals surface area contributed by atoms with Gasteiger partial charge in [-0.1, -0.05) is 11.6 Å². The van der Waals surface area contributed by atoms with E-state index in [1.807, 2.05) is 12.1 Å². The van der Waals surface area contributed by atoms with E-state index in [9.17, 15) is 0 Å². The van der Waals surface area contributed by atoms with E-state index in [1.54, 1.807) is 30.5 Å². The molecule has 3 rings (SSSR count). The second kappa shape index (κ2) is 4.66. The molecular weight excluding hydrogens is 252 g/mol. The van der Waals surface area contributed by atoms with Crippen LogP contribution in [0.2, 0.25) is 5.02 Å². The summed E-state index contributed by atoms with van der Waals surface area (Å²) < 4.78 is 11.0. The molecule has 0 radical (unpaired) electrons. The number of aromatic nitrogens is 2. The largest absolute Gasteiger partial charge is 0.484 e. The summed E-state index contributed by atoms with van der Waals surface area (Å²) in [7, 11) is 0. The average Bonchev–Trinajstić information content (AvgIpc) is 2.81. The molecule has 0 saturated carbocycles. The Morgan fingerprint density at radius 1 is 1.17 bits per heavy atom. The molecule has 5 heteroatoms.